The lowest BCUT2D eigenvalue weighted by Crippen LogP contribution is -2.24. The minimum absolute atomic E-state index is 0.0544. The third-order valence-corrected chi connectivity index (χ3v) is 3.59. The van der Waals surface area contributed by atoms with Crippen LogP contribution in [0.2, 0.25) is 5.02 Å². The predicted octanol–water partition coefficient (Wildman–Crippen LogP) is 4.90. The van der Waals surface area contributed by atoms with Crippen LogP contribution in [-0.4, -0.2) is 6.54 Å². The molecule has 21 heavy (non-hydrogen) atoms. The van der Waals surface area contributed by atoms with E-state index in [0.29, 0.717) is 17.0 Å². The molecule has 0 radical (unpaired) electrons. The van der Waals surface area contributed by atoms with Crippen LogP contribution in [0.25, 0.3) is 0 Å². The molecule has 1 atom stereocenters. The summed E-state index contributed by atoms with van der Waals surface area (Å²) in [6.07, 6.45) is 1.47. The van der Waals surface area contributed by atoms with Crippen LogP contribution in [0.3, 0.4) is 0 Å². The SMILES string of the molecule is CCCNC(Cc1ccc(Cl)cc1F)c1ccc(F)cc1. The molecule has 1 nitrogen and oxygen atoms in total. The van der Waals surface area contributed by atoms with Crippen molar-refractivity contribution >= 4 is 11.6 Å². The van der Waals surface area contributed by atoms with Crippen LogP contribution in [0, 0.1) is 11.6 Å². The summed E-state index contributed by atoms with van der Waals surface area (Å²) in [5.41, 5.74) is 1.54. The highest BCUT2D eigenvalue weighted by Crippen LogP contribution is 2.22. The second kappa shape index (κ2) is 7.53. The quantitative estimate of drug-likeness (QED) is 0.800. The van der Waals surface area contributed by atoms with Crippen molar-refractivity contribution in [2.24, 2.45) is 0 Å². The average molecular weight is 310 g/mol. The third kappa shape index (κ3) is 4.51. The van der Waals surface area contributed by atoms with E-state index in [0.717, 1.165) is 18.5 Å². The van der Waals surface area contributed by atoms with E-state index in [9.17, 15) is 8.78 Å². The Kier molecular flexibility index (Phi) is 5.71. The molecule has 0 spiro atoms. The monoisotopic (exact) mass is 309 g/mol. The standard InChI is InChI=1S/C17H18ClF2N/c1-2-9-21-17(12-4-7-15(19)8-5-12)10-13-3-6-14(18)11-16(13)20/h3-8,11,17,21H,2,9-10H2,1H3. The van der Waals surface area contributed by atoms with Gasteiger partial charge in [-0.1, -0.05) is 36.7 Å². The fourth-order valence-electron chi connectivity index (χ4n) is 2.23. The fraction of sp³-hybridized carbons (Fsp3) is 0.294. The summed E-state index contributed by atoms with van der Waals surface area (Å²) in [5.74, 6) is -0.585. The smallest absolute Gasteiger partial charge is 0.127 e. The first-order valence-corrected chi connectivity index (χ1v) is 7.40. The van der Waals surface area contributed by atoms with Gasteiger partial charge in [0.25, 0.3) is 0 Å². The first-order valence-electron chi connectivity index (χ1n) is 7.03. The van der Waals surface area contributed by atoms with Crippen molar-refractivity contribution in [1.29, 1.82) is 0 Å². The zero-order valence-corrected chi connectivity index (χ0v) is 12.6. The van der Waals surface area contributed by atoms with Gasteiger partial charge in [-0.05, 0) is 54.8 Å². The summed E-state index contributed by atoms with van der Waals surface area (Å²) in [4.78, 5) is 0. The first-order chi connectivity index (χ1) is 10.1. The average Bonchev–Trinajstić information content (AvgIpc) is 2.46. The van der Waals surface area contributed by atoms with Crippen LogP contribution in [0.15, 0.2) is 42.5 Å². The van der Waals surface area contributed by atoms with Crippen molar-refractivity contribution in [3.63, 3.8) is 0 Å². The Morgan fingerprint density at radius 3 is 2.43 bits per heavy atom. The number of rotatable bonds is 6. The lowest BCUT2D eigenvalue weighted by Gasteiger charge is -2.19. The van der Waals surface area contributed by atoms with E-state index in [-0.39, 0.29) is 17.7 Å². The largest absolute Gasteiger partial charge is 0.310 e. The van der Waals surface area contributed by atoms with Crippen LogP contribution < -0.4 is 5.32 Å². The van der Waals surface area contributed by atoms with Crippen molar-refractivity contribution in [3.05, 3.63) is 70.2 Å². The van der Waals surface area contributed by atoms with Crippen molar-refractivity contribution in [2.45, 2.75) is 25.8 Å². The topological polar surface area (TPSA) is 12.0 Å². The molecule has 0 bridgehead atoms. The maximum atomic E-state index is 13.9. The van der Waals surface area contributed by atoms with Gasteiger partial charge in [0.2, 0.25) is 0 Å². The Morgan fingerprint density at radius 2 is 1.81 bits per heavy atom. The molecular formula is C17H18ClF2N. The van der Waals surface area contributed by atoms with Crippen LogP contribution in [0.1, 0.15) is 30.5 Å². The summed E-state index contributed by atoms with van der Waals surface area (Å²) in [7, 11) is 0. The van der Waals surface area contributed by atoms with Crippen molar-refractivity contribution in [1.82, 2.24) is 5.32 Å². The lowest BCUT2D eigenvalue weighted by molar-refractivity contribution is 0.512. The van der Waals surface area contributed by atoms with Gasteiger partial charge in [-0.3, -0.25) is 0 Å². The molecule has 112 valence electrons. The number of benzene rings is 2. The van der Waals surface area contributed by atoms with E-state index in [1.807, 2.05) is 0 Å². The van der Waals surface area contributed by atoms with Gasteiger partial charge in [-0.2, -0.15) is 0 Å². The number of hydrogen-bond acceptors (Lipinski definition) is 1. The number of hydrogen-bond donors (Lipinski definition) is 1. The van der Waals surface area contributed by atoms with Crippen molar-refractivity contribution < 1.29 is 8.78 Å². The van der Waals surface area contributed by atoms with Crippen molar-refractivity contribution in [2.75, 3.05) is 6.54 Å². The fourth-order valence-corrected chi connectivity index (χ4v) is 2.39. The summed E-state index contributed by atoms with van der Waals surface area (Å²) in [6.45, 7) is 2.88. The molecule has 0 saturated heterocycles. The second-order valence-electron chi connectivity index (χ2n) is 5.00. The Labute approximate surface area is 128 Å². The number of nitrogens with one attached hydrogen (secondary N) is 1. The minimum atomic E-state index is -0.312. The Hall–Kier alpha value is -1.45. The molecule has 0 fully saturated rings. The van der Waals surface area contributed by atoms with Gasteiger partial charge < -0.3 is 5.32 Å². The van der Waals surface area contributed by atoms with Gasteiger partial charge in [-0.25, -0.2) is 8.78 Å². The highest BCUT2D eigenvalue weighted by Gasteiger charge is 2.14. The van der Waals surface area contributed by atoms with E-state index < -0.39 is 0 Å². The Balaban J connectivity index is 2.21. The predicted molar refractivity (Wildman–Crippen MR) is 82.5 cm³/mol. The van der Waals surface area contributed by atoms with Gasteiger partial charge in [0, 0.05) is 11.1 Å². The summed E-state index contributed by atoms with van der Waals surface area (Å²) in [6, 6.07) is 11.0. The van der Waals surface area contributed by atoms with E-state index >= 15 is 0 Å². The molecule has 1 unspecified atom stereocenters. The lowest BCUT2D eigenvalue weighted by atomic mass is 9.98. The van der Waals surface area contributed by atoms with Crippen LogP contribution >= 0.6 is 11.6 Å². The third-order valence-electron chi connectivity index (χ3n) is 3.35. The molecule has 0 aromatic heterocycles. The molecular weight excluding hydrogens is 292 g/mol. The van der Waals surface area contributed by atoms with E-state index in [1.165, 1.54) is 18.2 Å². The molecule has 0 amide bonds. The summed E-state index contributed by atoms with van der Waals surface area (Å²) in [5, 5.41) is 3.76. The molecule has 2 aromatic carbocycles. The molecule has 0 aliphatic heterocycles. The van der Waals surface area contributed by atoms with Gasteiger partial charge in [0.15, 0.2) is 0 Å². The molecule has 2 rings (SSSR count). The zero-order valence-electron chi connectivity index (χ0n) is 11.9. The maximum absolute atomic E-state index is 13.9. The van der Waals surface area contributed by atoms with Gasteiger partial charge >= 0.3 is 0 Å². The second-order valence-corrected chi connectivity index (χ2v) is 5.43. The van der Waals surface area contributed by atoms with Crippen molar-refractivity contribution in [3.8, 4) is 0 Å². The molecule has 0 aliphatic carbocycles. The molecule has 1 N–H and O–H groups in total. The van der Waals surface area contributed by atoms with E-state index in [1.54, 1.807) is 24.3 Å². The molecule has 2 aromatic rings. The maximum Gasteiger partial charge on any atom is 0.127 e. The molecule has 4 heteroatoms. The normalized spacial score (nSPS) is 12.4. The highest BCUT2D eigenvalue weighted by atomic mass is 35.5. The molecule has 0 saturated carbocycles. The van der Waals surface area contributed by atoms with Gasteiger partial charge in [0.1, 0.15) is 11.6 Å². The minimum Gasteiger partial charge on any atom is -0.310 e. The van der Waals surface area contributed by atoms with Crippen LogP contribution in [-0.2, 0) is 6.42 Å². The van der Waals surface area contributed by atoms with Crippen LogP contribution in [0.5, 0.6) is 0 Å². The molecule has 0 aliphatic rings. The summed E-state index contributed by atoms with van der Waals surface area (Å²) < 4.78 is 27.0. The van der Waals surface area contributed by atoms with Crippen LogP contribution in [0.4, 0.5) is 8.78 Å². The highest BCUT2D eigenvalue weighted by molar-refractivity contribution is 6.30. The van der Waals surface area contributed by atoms with E-state index in [4.69, 9.17) is 11.6 Å². The molecule has 0 heterocycles. The van der Waals surface area contributed by atoms with Gasteiger partial charge in [0.05, 0.1) is 0 Å². The number of halogens is 3. The zero-order chi connectivity index (χ0) is 15.2. The van der Waals surface area contributed by atoms with Gasteiger partial charge in [-0.15, -0.1) is 0 Å². The first kappa shape index (κ1) is 15.9. The Morgan fingerprint density at radius 1 is 1.10 bits per heavy atom. The Bertz CT molecular complexity index is 584. The summed E-state index contributed by atoms with van der Waals surface area (Å²) >= 11 is 5.77. The van der Waals surface area contributed by atoms with E-state index in [2.05, 4.69) is 12.2 Å².